The molecule has 0 radical (unpaired) electrons. The number of β-amino-alcohol motifs (C(OH)–C–C–N with tert-alkyl or cyclic N) is 1. The number of nitrogens with one attached hydrogen (secondary N) is 2. The maximum Gasteiger partial charge on any atom is 0.416 e. The number of aliphatic hydroxyl groups is 1. The van der Waals surface area contributed by atoms with Gasteiger partial charge in [0.05, 0.1) is 11.7 Å². The second-order valence-corrected chi connectivity index (χ2v) is 12.5. The number of carbonyl (C=O) groups excluding carboxylic acids is 1. The molecule has 0 amide bonds. The van der Waals surface area contributed by atoms with Gasteiger partial charge in [-0.2, -0.15) is 13.2 Å². The normalized spacial score (nSPS) is 15.0. The van der Waals surface area contributed by atoms with Gasteiger partial charge in [-0.05, 0) is 114 Å². The second kappa shape index (κ2) is 14.5. The quantitative estimate of drug-likeness (QED) is 0.154. The second-order valence-electron chi connectivity index (χ2n) is 11.2. The average molecular weight is 578 g/mol. The fourth-order valence-corrected chi connectivity index (χ4v) is 5.85. The lowest BCUT2D eigenvalue weighted by Crippen LogP contribution is -2.45. The van der Waals surface area contributed by atoms with E-state index in [9.17, 15) is 23.1 Å². The van der Waals surface area contributed by atoms with Crippen molar-refractivity contribution in [2.45, 2.75) is 88.4 Å². The summed E-state index contributed by atoms with van der Waals surface area (Å²) < 4.78 is 43.1. The van der Waals surface area contributed by atoms with Crippen molar-refractivity contribution >= 4 is 18.2 Å². The van der Waals surface area contributed by atoms with Crippen molar-refractivity contribution in [1.82, 2.24) is 14.6 Å². The topological polar surface area (TPSA) is 68.4 Å². The Hall–Kier alpha value is -2.33. The Morgan fingerprint density at radius 2 is 1.95 bits per heavy atom. The standard InChI is InChI=1S/C31H42F3N3O2S/c1-22-16-26(13-9-15-38)36-29(22)24-17-25(31(32,33)34)19-28(18-24)40-37(4)21-27(39)20-35-30(2,3)14-8-12-23-10-6-5-7-11-23/h6,10-11,15-19,27,35-36,39H,5,7-9,12-14,20-21H2,1-4H3. The number of alkyl halides is 3. The maximum atomic E-state index is 13.8. The Bertz CT molecular complexity index is 1190. The highest BCUT2D eigenvalue weighted by Gasteiger charge is 2.32. The van der Waals surface area contributed by atoms with E-state index in [0.29, 0.717) is 35.5 Å². The molecule has 1 heterocycles. The number of aliphatic hydroxyl groups excluding tert-OH is 1. The lowest BCUT2D eigenvalue weighted by Gasteiger charge is -2.29. The van der Waals surface area contributed by atoms with Crippen LogP contribution in [-0.4, -0.2) is 52.5 Å². The van der Waals surface area contributed by atoms with Crippen molar-refractivity contribution in [1.29, 1.82) is 0 Å². The summed E-state index contributed by atoms with van der Waals surface area (Å²) in [4.78, 5) is 14.3. The summed E-state index contributed by atoms with van der Waals surface area (Å²) in [5.74, 6) is 0. The lowest BCUT2D eigenvalue weighted by atomic mass is 9.94. The SMILES string of the molecule is Cc1cc(CCC=O)[nH]c1-c1cc(SN(C)CC(O)CNC(C)(C)CCCC2=CCCC=C2)cc(C(F)(F)F)c1. The van der Waals surface area contributed by atoms with Gasteiger partial charge in [0.15, 0.2) is 0 Å². The molecule has 3 rings (SSSR count). The van der Waals surface area contributed by atoms with E-state index >= 15 is 0 Å². The third-order valence-corrected chi connectivity index (χ3v) is 7.92. The summed E-state index contributed by atoms with van der Waals surface area (Å²) >= 11 is 1.17. The zero-order valence-corrected chi connectivity index (χ0v) is 24.7. The first-order valence-electron chi connectivity index (χ1n) is 13.9. The monoisotopic (exact) mass is 577 g/mol. The van der Waals surface area contributed by atoms with Crippen molar-refractivity contribution in [2.75, 3.05) is 20.1 Å². The van der Waals surface area contributed by atoms with Gasteiger partial charge in [0.25, 0.3) is 0 Å². The van der Waals surface area contributed by atoms with E-state index in [-0.39, 0.29) is 12.1 Å². The van der Waals surface area contributed by atoms with Crippen LogP contribution in [0.4, 0.5) is 13.2 Å². The summed E-state index contributed by atoms with van der Waals surface area (Å²) in [6, 6.07) is 5.88. The summed E-state index contributed by atoms with van der Waals surface area (Å²) in [7, 11) is 1.77. The largest absolute Gasteiger partial charge is 0.416 e. The van der Waals surface area contributed by atoms with Gasteiger partial charge in [-0.1, -0.05) is 23.8 Å². The Labute approximate surface area is 240 Å². The molecule has 5 nitrogen and oxygen atoms in total. The lowest BCUT2D eigenvalue weighted by molar-refractivity contribution is -0.137. The van der Waals surface area contributed by atoms with Crippen LogP contribution in [0.25, 0.3) is 11.3 Å². The van der Waals surface area contributed by atoms with Crippen LogP contribution in [0.2, 0.25) is 0 Å². The van der Waals surface area contributed by atoms with Crippen molar-refractivity contribution in [3.63, 3.8) is 0 Å². The van der Waals surface area contributed by atoms with Crippen LogP contribution >= 0.6 is 11.9 Å². The number of aromatic nitrogens is 1. The third-order valence-electron chi connectivity index (χ3n) is 7.01. The Morgan fingerprint density at radius 3 is 2.62 bits per heavy atom. The molecule has 1 atom stereocenters. The molecule has 0 aliphatic heterocycles. The van der Waals surface area contributed by atoms with Crippen LogP contribution < -0.4 is 5.32 Å². The summed E-state index contributed by atoms with van der Waals surface area (Å²) in [6.45, 7) is 6.76. The number of likely N-dealkylation sites (N-methyl/N-ethyl adjacent to an activating group) is 1. The fourth-order valence-electron chi connectivity index (χ4n) is 4.89. The molecule has 40 heavy (non-hydrogen) atoms. The number of allylic oxidation sites excluding steroid dienone is 4. The number of benzene rings is 1. The summed E-state index contributed by atoms with van der Waals surface area (Å²) in [5, 5.41) is 14.1. The number of rotatable bonds is 15. The number of nitrogens with zero attached hydrogens (tertiary/aromatic N) is 1. The molecule has 9 heteroatoms. The Kier molecular flexibility index (Phi) is 11.7. The van der Waals surface area contributed by atoms with E-state index in [2.05, 4.69) is 42.4 Å². The molecule has 0 bridgehead atoms. The first-order chi connectivity index (χ1) is 18.9. The van der Waals surface area contributed by atoms with E-state index in [1.54, 1.807) is 17.4 Å². The van der Waals surface area contributed by atoms with Gasteiger partial charge in [0, 0.05) is 41.3 Å². The zero-order valence-electron chi connectivity index (χ0n) is 23.9. The van der Waals surface area contributed by atoms with Crippen LogP contribution in [0.15, 0.2) is 53.0 Å². The van der Waals surface area contributed by atoms with Gasteiger partial charge in [0.1, 0.15) is 6.29 Å². The summed E-state index contributed by atoms with van der Waals surface area (Å²) in [6.07, 6.45) is 8.53. The van der Waals surface area contributed by atoms with Gasteiger partial charge in [-0.15, -0.1) is 0 Å². The molecule has 1 aromatic carbocycles. The Balaban J connectivity index is 1.59. The molecule has 1 unspecified atom stereocenters. The smallest absolute Gasteiger partial charge is 0.390 e. The van der Waals surface area contributed by atoms with Crippen LogP contribution in [0.3, 0.4) is 0 Å². The van der Waals surface area contributed by atoms with Crippen LogP contribution in [0.5, 0.6) is 0 Å². The number of aromatic amines is 1. The number of halogens is 3. The van der Waals surface area contributed by atoms with Gasteiger partial charge in [-0.25, -0.2) is 4.31 Å². The molecule has 0 saturated carbocycles. The minimum atomic E-state index is -4.50. The molecule has 0 fully saturated rings. The third kappa shape index (κ3) is 10.3. The highest BCUT2D eigenvalue weighted by Crippen LogP contribution is 2.37. The number of aryl methyl sites for hydroxylation is 2. The first-order valence-corrected chi connectivity index (χ1v) is 14.7. The molecular formula is C31H42F3N3O2S. The molecule has 1 aliphatic rings. The highest BCUT2D eigenvalue weighted by molar-refractivity contribution is 7.97. The molecule has 0 spiro atoms. The minimum Gasteiger partial charge on any atom is -0.390 e. The predicted octanol–water partition coefficient (Wildman–Crippen LogP) is 7.26. The molecular weight excluding hydrogens is 535 g/mol. The fraction of sp³-hybridized carbons (Fsp3) is 0.516. The molecule has 1 aliphatic carbocycles. The average Bonchev–Trinajstić information content (AvgIpc) is 3.26. The maximum absolute atomic E-state index is 13.8. The molecule has 2 aromatic rings. The first kappa shape index (κ1) is 32.2. The van der Waals surface area contributed by atoms with E-state index < -0.39 is 17.8 Å². The number of carbonyl (C=O) groups is 1. The van der Waals surface area contributed by atoms with Crippen LogP contribution in [0.1, 0.15) is 69.2 Å². The van der Waals surface area contributed by atoms with Crippen molar-refractivity contribution in [2.24, 2.45) is 0 Å². The molecule has 3 N–H and O–H groups in total. The van der Waals surface area contributed by atoms with Gasteiger partial charge in [0.2, 0.25) is 0 Å². The Morgan fingerprint density at radius 1 is 1.18 bits per heavy atom. The summed E-state index contributed by atoms with van der Waals surface area (Å²) in [5.41, 5.74) is 3.20. The van der Waals surface area contributed by atoms with Gasteiger partial charge >= 0.3 is 6.18 Å². The molecule has 1 aromatic heterocycles. The van der Waals surface area contributed by atoms with E-state index in [4.69, 9.17) is 0 Å². The van der Waals surface area contributed by atoms with E-state index in [0.717, 1.165) is 61.8 Å². The highest BCUT2D eigenvalue weighted by atomic mass is 32.2. The minimum absolute atomic E-state index is 0.139. The van der Waals surface area contributed by atoms with Crippen molar-refractivity contribution in [3.05, 3.63) is 64.9 Å². The number of hydrogen-bond donors (Lipinski definition) is 3. The van der Waals surface area contributed by atoms with Gasteiger partial charge < -0.3 is 20.2 Å². The van der Waals surface area contributed by atoms with Crippen LogP contribution in [-0.2, 0) is 17.4 Å². The number of H-pyrrole nitrogens is 1. The van der Waals surface area contributed by atoms with Gasteiger partial charge in [-0.3, -0.25) is 0 Å². The number of aldehydes is 1. The van der Waals surface area contributed by atoms with E-state index in [1.807, 2.05) is 13.0 Å². The zero-order chi connectivity index (χ0) is 29.3. The molecule has 220 valence electrons. The predicted molar refractivity (Wildman–Crippen MR) is 157 cm³/mol. The van der Waals surface area contributed by atoms with E-state index in [1.165, 1.54) is 17.5 Å². The van der Waals surface area contributed by atoms with Crippen LogP contribution in [0, 0.1) is 6.92 Å². The molecule has 0 saturated heterocycles. The van der Waals surface area contributed by atoms with Crippen molar-refractivity contribution in [3.8, 4) is 11.3 Å². The number of hydrogen-bond acceptors (Lipinski definition) is 5. The van der Waals surface area contributed by atoms with Crippen molar-refractivity contribution < 1.29 is 23.1 Å².